The molecule has 0 fully saturated rings. The lowest BCUT2D eigenvalue weighted by molar-refractivity contribution is -0.116. The minimum atomic E-state index is 0.0310. The molecular formula is C19H18N2O. The molecule has 3 rings (SSSR count). The summed E-state index contributed by atoms with van der Waals surface area (Å²) >= 11 is 0. The smallest absolute Gasteiger partial charge is 0.224 e. The number of carbonyl (C=O) groups excluding carboxylic acids is 1. The van der Waals surface area contributed by atoms with Gasteiger partial charge in [0, 0.05) is 18.8 Å². The number of anilines is 1. The van der Waals surface area contributed by atoms with Gasteiger partial charge in [-0.15, -0.1) is 0 Å². The summed E-state index contributed by atoms with van der Waals surface area (Å²) in [4.78, 5) is 12.2. The van der Waals surface area contributed by atoms with Crippen LogP contribution in [0.3, 0.4) is 0 Å². The van der Waals surface area contributed by atoms with Crippen LogP contribution >= 0.6 is 0 Å². The highest BCUT2D eigenvalue weighted by atomic mass is 16.1. The first-order chi connectivity index (χ1) is 10.8. The number of para-hydroxylation sites is 2. The Hall–Kier alpha value is -2.81. The molecule has 0 unspecified atom stereocenters. The molecule has 0 aliphatic rings. The van der Waals surface area contributed by atoms with Crippen molar-refractivity contribution < 1.29 is 4.79 Å². The Morgan fingerprint density at radius 1 is 0.864 bits per heavy atom. The molecule has 0 atom stereocenters. The Morgan fingerprint density at radius 2 is 1.55 bits per heavy atom. The summed E-state index contributed by atoms with van der Waals surface area (Å²) in [6.45, 7) is 0. The predicted octanol–water partition coefficient (Wildman–Crippen LogP) is 4.05. The quantitative estimate of drug-likeness (QED) is 0.755. The largest absolute Gasteiger partial charge is 0.324 e. The Kier molecular flexibility index (Phi) is 4.35. The molecule has 3 nitrogen and oxygen atoms in total. The van der Waals surface area contributed by atoms with E-state index in [-0.39, 0.29) is 5.91 Å². The van der Waals surface area contributed by atoms with E-state index in [0.29, 0.717) is 6.42 Å². The zero-order valence-corrected chi connectivity index (χ0v) is 12.3. The van der Waals surface area contributed by atoms with Gasteiger partial charge in [-0.3, -0.25) is 4.79 Å². The van der Waals surface area contributed by atoms with Gasteiger partial charge in [0.05, 0.1) is 11.4 Å². The molecule has 0 aliphatic heterocycles. The predicted molar refractivity (Wildman–Crippen MR) is 89.2 cm³/mol. The van der Waals surface area contributed by atoms with Crippen molar-refractivity contribution in [2.45, 2.75) is 12.8 Å². The number of aryl methyl sites for hydroxylation is 1. The van der Waals surface area contributed by atoms with Crippen molar-refractivity contribution in [3.8, 4) is 5.69 Å². The molecule has 22 heavy (non-hydrogen) atoms. The molecule has 0 saturated heterocycles. The van der Waals surface area contributed by atoms with E-state index >= 15 is 0 Å². The zero-order chi connectivity index (χ0) is 15.2. The Labute approximate surface area is 130 Å². The first-order valence-corrected chi connectivity index (χ1v) is 7.39. The van der Waals surface area contributed by atoms with Gasteiger partial charge in [0.15, 0.2) is 0 Å². The van der Waals surface area contributed by atoms with Crippen molar-refractivity contribution in [2.75, 3.05) is 5.32 Å². The molecule has 1 amide bonds. The van der Waals surface area contributed by atoms with E-state index in [2.05, 4.69) is 5.32 Å². The topological polar surface area (TPSA) is 34.0 Å². The number of hydrogen-bond donors (Lipinski definition) is 1. The van der Waals surface area contributed by atoms with Crippen molar-refractivity contribution in [1.82, 2.24) is 4.57 Å². The lowest BCUT2D eigenvalue weighted by Gasteiger charge is -2.12. The number of rotatable bonds is 5. The number of aromatic nitrogens is 1. The molecule has 3 aromatic rings. The average molecular weight is 290 g/mol. The maximum atomic E-state index is 12.2. The summed E-state index contributed by atoms with van der Waals surface area (Å²) in [6.07, 6.45) is 5.16. The second-order valence-corrected chi connectivity index (χ2v) is 5.14. The third-order valence-corrected chi connectivity index (χ3v) is 3.54. The van der Waals surface area contributed by atoms with E-state index in [0.717, 1.165) is 17.8 Å². The van der Waals surface area contributed by atoms with Gasteiger partial charge >= 0.3 is 0 Å². The molecule has 0 aliphatic carbocycles. The van der Waals surface area contributed by atoms with Gasteiger partial charge in [-0.1, -0.05) is 42.5 Å². The van der Waals surface area contributed by atoms with Gasteiger partial charge in [0.2, 0.25) is 5.91 Å². The van der Waals surface area contributed by atoms with Crippen molar-refractivity contribution in [3.05, 3.63) is 84.7 Å². The highest BCUT2D eigenvalue weighted by Gasteiger charge is 2.07. The molecule has 0 saturated carbocycles. The first kappa shape index (κ1) is 14.1. The van der Waals surface area contributed by atoms with E-state index in [9.17, 15) is 4.79 Å². The van der Waals surface area contributed by atoms with E-state index in [1.54, 1.807) is 0 Å². The van der Waals surface area contributed by atoms with Crippen LogP contribution in [0.5, 0.6) is 0 Å². The Morgan fingerprint density at radius 3 is 2.32 bits per heavy atom. The molecule has 1 N–H and O–H groups in total. The zero-order valence-electron chi connectivity index (χ0n) is 12.3. The lowest BCUT2D eigenvalue weighted by Crippen LogP contribution is -2.14. The van der Waals surface area contributed by atoms with E-state index in [4.69, 9.17) is 0 Å². The summed E-state index contributed by atoms with van der Waals surface area (Å²) in [6, 6.07) is 21.8. The number of carbonyl (C=O) groups is 1. The number of benzene rings is 2. The van der Waals surface area contributed by atoms with Crippen LogP contribution in [0.25, 0.3) is 5.69 Å². The van der Waals surface area contributed by atoms with Crippen LogP contribution in [-0.4, -0.2) is 10.5 Å². The summed E-state index contributed by atoms with van der Waals surface area (Å²) in [7, 11) is 0. The van der Waals surface area contributed by atoms with Gasteiger partial charge in [-0.05, 0) is 36.2 Å². The first-order valence-electron chi connectivity index (χ1n) is 7.39. The standard InChI is InChI=1S/C19H18N2O/c22-19(13-12-16-8-2-1-3-9-16)20-17-10-4-5-11-18(17)21-14-6-7-15-21/h1-11,14-15H,12-13H2,(H,20,22). The Bertz CT molecular complexity index is 733. The monoisotopic (exact) mass is 290 g/mol. The maximum Gasteiger partial charge on any atom is 0.224 e. The summed E-state index contributed by atoms with van der Waals surface area (Å²) in [5.74, 6) is 0.0310. The second kappa shape index (κ2) is 6.76. The normalized spacial score (nSPS) is 10.4. The summed E-state index contributed by atoms with van der Waals surface area (Å²) < 4.78 is 1.99. The number of nitrogens with zero attached hydrogens (tertiary/aromatic N) is 1. The fourth-order valence-electron chi connectivity index (χ4n) is 2.41. The number of hydrogen-bond acceptors (Lipinski definition) is 1. The lowest BCUT2D eigenvalue weighted by atomic mass is 10.1. The van der Waals surface area contributed by atoms with Crippen molar-refractivity contribution >= 4 is 11.6 Å². The third-order valence-electron chi connectivity index (χ3n) is 3.54. The molecule has 0 spiro atoms. The van der Waals surface area contributed by atoms with Crippen LogP contribution in [0, 0.1) is 0 Å². The fourth-order valence-corrected chi connectivity index (χ4v) is 2.41. The van der Waals surface area contributed by atoms with Crippen LogP contribution < -0.4 is 5.32 Å². The molecule has 2 aromatic carbocycles. The molecular weight excluding hydrogens is 272 g/mol. The third kappa shape index (κ3) is 3.44. The summed E-state index contributed by atoms with van der Waals surface area (Å²) in [5, 5.41) is 3.01. The highest BCUT2D eigenvalue weighted by Crippen LogP contribution is 2.20. The van der Waals surface area contributed by atoms with Crippen LogP contribution in [0.15, 0.2) is 79.1 Å². The van der Waals surface area contributed by atoms with Gasteiger partial charge in [0.1, 0.15) is 0 Å². The SMILES string of the molecule is O=C(CCc1ccccc1)Nc1ccccc1-n1cccc1. The molecule has 0 radical (unpaired) electrons. The van der Waals surface area contributed by atoms with Crippen LogP contribution in [0.2, 0.25) is 0 Å². The van der Waals surface area contributed by atoms with Crippen LogP contribution in [-0.2, 0) is 11.2 Å². The molecule has 3 heteroatoms. The Balaban J connectivity index is 1.67. The molecule has 1 heterocycles. The van der Waals surface area contributed by atoms with Crippen molar-refractivity contribution in [3.63, 3.8) is 0 Å². The van der Waals surface area contributed by atoms with Gasteiger partial charge in [-0.25, -0.2) is 0 Å². The molecule has 0 bridgehead atoms. The van der Waals surface area contributed by atoms with Gasteiger partial charge < -0.3 is 9.88 Å². The number of nitrogens with one attached hydrogen (secondary N) is 1. The minimum Gasteiger partial charge on any atom is -0.324 e. The highest BCUT2D eigenvalue weighted by molar-refractivity contribution is 5.92. The maximum absolute atomic E-state index is 12.2. The van der Waals surface area contributed by atoms with Gasteiger partial charge in [0.25, 0.3) is 0 Å². The minimum absolute atomic E-state index is 0.0310. The molecule has 1 aromatic heterocycles. The fraction of sp³-hybridized carbons (Fsp3) is 0.105. The number of amides is 1. The summed E-state index contributed by atoms with van der Waals surface area (Å²) in [5.41, 5.74) is 2.98. The van der Waals surface area contributed by atoms with E-state index in [1.807, 2.05) is 83.7 Å². The molecule has 110 valence electrons. The van der Waals surface area contributed by atoms with Crippen LogP contribution in [0.4, 0.5) is 5.69 Å². The van der Waals surface area contributed by atoms with E-state index in [1.165, 1.54) is 5.56 Å². The average Bonchev–Trinajstić information content (AvgIpc) is 3.09. The van der Waals surface area contributed by atoms with Crippen molar-refractivity contribution in [1.29, 1.82) is 0 Å². The van der Waals surface area contributed by atoms with Gasteiger partial charge in [-0.2, -0.15) is 0 Å². The second-order valence-electron chi connectivity index (χ2n) is 5.14. The van der Waals surface area contributed by atoms with E-state index < -0.39 is 0 Å². The van der Waals surface area contributed by atoms with Crippen molar-refractivity contribution in [2.24, 2.45) is 0 Å². The van der Waals surface area contributed by atoms with Crippen LogP contribution in [0.1, 0.15) is 12.0 Å².